The van der Waals surface area contributed by atoms with Gasteiger partial charge in [0.25, 0.3) is 0 Å². The fourth-order valence-corrected chi connectivity index (χ4v) is 1.35. The summed E-state index contributed by atoms with van der Waals surface area (Å²) in [5, 5.41) is 0. The van der Waals surface area contributed by atoms with E-state index in [-0.39, 0.29) is 11.6 Å². The van der Waals surface area contributed by atoms with E-state index >= 15 is 0 Å². The van der Waals surface area contributed by atoms with E-state index in [2.05, 4.69) is 9.72 Å². The van der Waals surface area contributed by atoms with Gasteiger partial charge in [-0.3, -0.25) is 0 Å². The van der Waals surface area contributed by atoms with Crippen molar-refractivity contribution in [1.29, 1.82) is 0 Å². The third-order valence-corrected chi connectivity index (χ3v) is 2.09. The molecule has 0 radical (unpaired) electrons. The molecule has 0 saturated heterocycles. The first-order valence-corrected chi connectivity index (χ1v) is 4.69. The van der Waals surface area contributed by atoms with Crippen molar-refractivity contribution < 1.29 is 17.9 Å². The number of rotatable bonds is 2. The van der Waals surface area contributed by atoms with Crippen LogP contribution in [0, 0.1) is 0 Å². The molecule has 0 aliphatic carbocycles. The second-order valence-electron chi connectivity index (χ2n) is 3.67. The van der Waals surface area contributed by atoms with Gasteiger partial charge in [0.1, 0.15) is 5.56 Å². The summed E-state index contributed by atoms with van der Waals surface area (Å²) in [7, 11) is 1.15. The van der Waals surface area contributed by atoms with Crippen molar-refractivity contribution >= 4 is 5.69 Å². The summed E-state index contributed by atoms with van der Waals surface area (Å²) in [6.07, 6.45) is -4.51. The Labute approximate surface area is 91.4 Å². The van der Waals surface area contributed by atoms with Crippen LogP contribution < -0.4 is 10.5 Å². The molecule has 0 spiro atoms. The molecule has 0 saturated carbocycles. The van der Waals surface area contributed by atoms with Gasteiger partial charge < -0.3 is 10.5 Å². The summed E-state index contributed by atoms with van der Waals surface area (Å²) in [5.74, 6) is -0.499. The topological polar surface area (TPSA) is 48.1 Å². The molecule has 1 heterocycles. The summed E-state index contributed by atoms with van der Waals surface area (Å²) in [6.45, 7) is 3.59. The molecule has 1 aromatic rings. The summed E-state index contributed by atoms with van der Waals surface area (Å²) < 4.78 is 42.3. The van der Waals surface area contributed by atoms with Crippen molar-refractivity contribution in [3.05, 3.63) is 17.3 Å². The van der Waals surface area contributed by atoms with Crippen molar-refractivity contribution in [2.75, 3.05) is 12.8 Å². The zero-order valence-electron chi connectivity index (χ0n) is 9.22. The average Bonchev–Trinajstić information content (AvgIpc) is 2.15. The number of aromatic nitrogens is 1. The summed E-state index contributed by atoms with van der Waals surface area (Å²) in [6, 6.07) is 0.862. The summed E-state index contributed by atoms with van der Waals surface area (Å²) in [5.41, 5.74) is 5.02. The van der Waals surface area contributed by atoms with Gasteiger partial charge in [-0.05, 0) is 12.0 Å². The summed E-state index contributed by atoms with van der Waals surface area (Å²) >= 11 is 0. The molecule has 3 nitrogen and oxygen atoms in total. The molecule has 1 rings (SSSR count). The SMILES string of the molecule is COc1nc(C(C)C)c(N)cc1C(F)(F)F. The molecular formula is C10H13F3N2O. The minimum Gasteiger partial charge on any atom is -0.481 e. The largest absolute Gasteiger partial charge is 0.481 e. The van der Waals surface area contributed by atoms with Gasteiger partial charge in [0.15, 0.2) is 0 Å². The number of pyridine rings is 1. The van der Waals surface area contributed by atoms with Gasteiger partial charge in [-0.25, -0.2) is 4.98 Å². The van der Waals surface area contributed by atoms with Crippen LogP contribution in [0.5, 0.6) is 5.88 Å². The third kappa shape index (κ3) is 2.37. The Morgan fingerprint density at radius 2 is 1.94 bits per heavy atom. The van der Waals surface area contributed by atoms with Crippen LogP contribution >= 0.6 is 0 Å². The average molecular weight is 234 g/mol. The minimum absolute atomic E-state index is 0.0307. The van der Waals surface area contributed by atoms with Crippen molar-refractivity contribution in [3.8, 4) is 5.88 Å². The maximum Gasteiger partial charge on any atom is 0.421 e. The van der Waals surface area contributed by atoms with Crippen LogP contribution in [-0.4, -0.2) is 12.1 Å². The van der Waals surface area contributed by atoms with Gasteiger partial charge in [-0.1, -0.05) is 13.8 Å². The lowest BCUT2D eigenvalue weighted by Gasteiger charge is -2.15. The zero-order chi connectivity index (χ0) is 12.5. The lowest BCUT2D eigenvalue weighted by Crippen LogP contribution is -2.12. The number of nitrogen functional groups attached to an aromatic ring is 1. The monoisotopic (exact) mass is 234 g/mol. The number of halogens is 3. The van der Waals surface area contributed by atoms with Gasteiger partial charge in [-0.15, -0.1) is 0 Å². The Balaban J connectivity index is 3.38. The fourth-order valence-electron chi connectivity index (χ4n) is 1.35. The Morgan fingerprint density at radius 1 is 1.38 bits per heavy atom. The number of anilines is 1. The van der Waals surface area contributed by atoms with Crippen LogP contribution in [0.15, 0.2) is 6.07 Å². The molecule has 0 aromatic carbocycles. The van der Waals surface area contributed by atoms with Gasteiger partial charge >= 0.3 is 6.18 Å². The summed E-state index contributed by atoms with van der Waals surface area (Å²) in [4.78, 5) is 3.79. The number of hydrogen-bond donors (Lipinski definition) is 1. The zero-order valence-corrected chi connectivity index (χ0v) is 9.22. The van der Waals surface area contributed by atoms with E-state index in [0.29, 0.717) is 5.69 Å². The van der Waals surface area contributed by atoms with Crippen LogP contribution in [0.2, 0.25) is 0 Å². The van der Waals surface area contributed by atoms with Crippen LogP contribution in [0.3, 0.4) is 0 Å². The van der Waals surface area contributed by atoms with E-state index < -0.39 is 17.6 Å². The van der Waals surface area contributed by atoms with Crippen molar-refractivity contribution in [1.82, 2.24) is 4.98 Å². The highest BCUT2D eigenvalue weighted by Gasteiger charge is 2.36. The lowest BCUT2D eigenvalue weighted by atomic mass is 10.1. The van der Waals surface area contributed by atoms with Crippen LogP contribution in [0.4, 0.5) is 18.9 Å². The van der Waals surface area contributed by atoms with Crippen LogP contribution in [0.1, 0.15) is 31.0 Å². The number of alkyl halides is 3. The third-order valence-electron chi connectivity index (χ3n) is 2.09. The molecule has 0 fully saturated rings. The van der Waals surface area contributed by atoms with E-state index in [9.17, 15) is 13.2 Å². The van der Waals surface area contributed by atoms with Gasteiger partial charge in [-0.2, -0.15) is 13.2 Å². The van der Waals surface area contributed by atoms with Gasteiger partial charge in [0.2, 0.25) is 5.88 Å². The van der Waals surface area contributed by atoms with Crippen molar-refractivity contribution in [2.24, 2.45) is 0 Å². The highest BCUT2D eigenvalue weighted by molar-refractivity contribution is 5.51. The molecule has 0 atom stereocenters. The Morgan fingerprint density at radius 3 is 2.31 bits per heavy atom. The second kappa shape index (κ2) is 4.19. The highest BCUT2D eigenvalue weighted by Crippen LogP contribution is 2.37. The molecule has 0 bridgehead atoms. The Bertz CT molecular complexity index is 388. The Kier molecular flexibility index (Phi) is 3.30. The fraction of sp³-hybridized carbons (Fsp3) is 0.500. The first kappa shape index (κ1) is 12.6. The number of ether oxygens (including phenoxy) is 1. The second-order valence-corrected chi connectivity index (χ2v) is 3.67. The number of nitrogens with two attached hydrogens (primary N) is 1. The lowest BCUT2D eigenvalue weighted by molar-refractivity contribution is -0.139. The van der Waals surface area contributed by atoms with Gasteiger partial charge in [0.05, 0.1) is 18.5 Å². The van der Waals surface area contributed by atoms with E-state index in [4.69, 9.17) is 5.73 Å². The smallest absolute Gasteiger partial charge is 0.421 e. The standard InChI is InChI=1S/C10H13F3N2O/c1-5(2)8-7(14)4-6(10(11,12)13)9(15-8)16-3/h4-5H,14H2,1-3H3. The first-order valence-electron chi connectivity index (χ1n) is 4.69. The number of hydrogen-bond acceptors (Lipinski definition) is 3. The molecule has 6 heteroatoms. The van der Waals surface area contributed by atoms with E-state index in [1.165, 1.54) is 0 Å². The van der Waals surface area contributed by atoms with Crippen LogP contribution in [0.25, 0.3) is 0 Å². The maximum atomic E-state index is 12.6. The van der Waals surface area contributed by atoms with Crippen LogP contribution in [-0.2, 0) is 6.18 Å². The molecular weight excluding hydrogens is 221 g/mol. The van der Waals surface area contributed by atoms with Crippen molar-refractivity contribution in [3.63, 3.8) is 0 Å². The molecule has 16 heavy (non-hydrogen) atoms. The van der Waals surface area contributed by atoms with E-state index in [1.807, 2.05) is 0 Å². The van der Waals surface area contributed by atoms with Crippen molar-refractivity contribution in [2.45, 2.75) is 25.9 Å². The predicted molar refractivity (Wildman–Crippen MR) is 54.3 cm³/mol. The highest BCUT2D eigenvalue weighted by atomic mass is 19.4. The molecule has 2 N–H and O–H groups in total. The maximum absolute atomic E-state index is 12.6. The molecule has 0 amide bonds. The molecule has 90 valence electrons. The van der Waals surface area contributed by atoms with Gasteiger partial charge in [0, 0.05) is 0 Å². The number of nitrogens with zero attached hydrogens (tertiary/aromatic N) is 1. The predicted octanol–water partition coefficient (Wildman–Crippen LogP) is 2.81. The van der Waals surface area contributed by atoms with E-state index in [0.717, 1.165) is 13.2 Å². The number of methoxy groups -OCH3 is 1. The first-order chi connectivity index (χ1) is 7.27. The Hall–Kier alpha value is -1.46. The molecule has 0 aliphatic heterocycles. The minimum atomic E-state index is -4.51. The quantitative estimate of drug-likeness (QED) is 0.855. The van der Waals surface area contributed by atoms with E-state index in [1.54, 1.807) is 13.8 Å². The molecule has 0 aliphatic rings. The normalized spacial score (nSPS) is 11.9. The molecule has 0 unspecified atom stereocenters. The molecule has 1 aromatic heterocycles.